The van der Waals surface area contributed by atoms with Gasteiger partial charge in [-0.15, -0.1) is 11.3 Å². The molecule has 3 nitrogen and oxygen atoms in total. The highest BCUT2D eigenvalue weighted by Crippen LogP contribution is 2.20. The van der Waals surface area contributed by atoms with Crippen molar-refractivity contribution in [3.8, 4) is 0 Å². The standard InChI is InChI=1S/C15H15BrFN3S/c1-9-8-21-15-19-10(2)14(20(9)15)7-18-6-11-5-12(16)3-4-13(11)17/h3-5,8,18H,6-7H2,1-2H3. The van der Waals surface area contributed by atoms with Crippen LogP contribution in [0.4, 0.5) is 4.39 Å². The second-order valence-corrected chi connectivity index (χ2v) is 6.73. The Labute approximate surface area is 135 Å². The van der Waals surface area contributed by atoms with E-state index in [0.717, 1.165) is 20.8 Å². The Morgan fingerprint density at radius 1 is 1.33 bits per heavy atom. The van der Waals surface area contributed by atoms with E-state index in [-0.39, 0.29) is 5.82 Å². The number of benzene rings is 1. The summed E-state index contributed by atoms with van der Waals surface area (Å²) in [6.07, 6.45) is 0. The molecule has 0 fully saturated rings. The van der Waals surface area contributed by atoms with Gasteiger partial charge in [0.2, 0.25) is 0 Å². The third-order valence-electron chi connectivity index (χ3n) is 3.45. The average molecular weight is 368 g/mol. The maximum atomic E-state index is 13.7. The third-order valence-corrected chi connectivity index (χ3v) is 4.88. The van der Waals surface area contributed by atoms with E-state index in [1.54, 1.807) is 23.5 Å². The maximum Gasteiger partial charge on any atom is 0.194 e. The fourth-order valence-electron chi connectivity index (χ4n) is 2.37. The number of fused-ring (bicyclic) bond motifs is 1. The zero-order valence-corrected chi connectivity index (χ0v) is 14.2. The lowest BCUT2D eigenvalue weighted by atomic mass is 10.2. The van der Waals surface area contributed by atoms with Crippen LogP contribution < -0.4 is 5.32 Å². The summed E-state index contributed by atoms with van der Waals surface area (Å²) in [5.41, 5.74) is 4.00. The van der Waals surface area contributed by atoms with Crippen molar-refractivity contribution in [3.63, 3.8) is 0 Å². The Kier molecular flexibility index (Phi) is 4.10. The Morgan fingerprint density at radius 3 is 2.95 bits per heavy atom. The molecule has 0 radical (unpaired) electrons. The van der Waals surface area contributed by atoms with Crippen molar-refractivity contribution in [2.45, 2.75) is 26.9 Å². The lowest BCUT2D eigenvalue weighted by Gasteiger charge is -2.07. The minimum Gasteiger partial charge on any atom is -0.307 e. The Bertz CT molecular complexity index is 794. The molecule has 3 aromatic rings. The number of thiazole rings is 1. The molecule has 0 aliphatic carbocycles. The predicted molar refractivity (Wildman–Crippen MR) is 87.2 cm³/mol. The molecule has 21 heavy (non-hydrogen) atoms. The molecule has 3 rings (SSSR count). The average Bonchev–Trinajstić information content (AvgIpc) is 2.94. The number of halogens is 2. The summed E-state index contributed by atoms with van der Waals surface area (Å²) in [6, 6.07) is 4.99. The van der Waals surface area contributed by atoms with Crippen molar-refractivity contribution in [3.05, 3.63) is 56.5 Å². The summed E-state index contributed by atoms with van der Waals surface area (Å²) in [5.74, 6) is -0.187. The highest BCUT2D eigenvalue weighted by atomic mass is 79.9. The molecule has 0 amide bonds. The Hall–Kier alpha value is -1.24. The number of hydrogen-bond donors (Lipinski definition) is 1. The van der Waals surface area contributed by atoms with Gasteiger partial charge in [0.25, 0.3) is 0 Å². The van der Waals surface area contributed by atoms with Crippen LogP contribution in [0.5, 0.6) is 0 Å². The fourth-order valence-corrected chi connectivity index (χ4v) is 3.71. The van der Waals surface area contributed by atoms with Crippen LogP contribution in [0.3, 0.4) is 0 Å². The summed E-state index contributed by atoms with van der Waals surface area (Å²) in [7, 11) is 0. The van der Waals surface area contributed by atoms with Crippen LogP contribution in [0.25, 0.3) is 4.96 Å². The number of rotatable bonds is 4. The summed E-state index contributed by atoms with van der Waals surface area (Å²) < 4.78 is 16.7. The molecule has 0 saturated carbocycles. The SMILES string of the molecule is Cc1nc2scc(C)n2c1CNCc1cc(Br)ccc1F. The van der Waals surface area contributed by atoms with Gasteiger partial charge in [0.15, 0.2) is 4.96 Å². The lowest BCUT2D eigenvalue weighted by Crippen LogP contribution is -2.16. The van der Waals surface area contributed by atoms with Gasteiger partial charge in [-0.2, -0.15) is 0 Å². The van der Waals surface area contributed by atoms with E-state index < -0.39 is 0 Å². The smallest absolute Gasteiger partial charge is 0.194 e. The number of imidazole rings is 1. The van der Waals surface area contributed by atoms with E-state index in [9.17, 15) is 4.39 Å². The van der Waals surface area contributed by atoms with Gasteiger partial charge in [0.05, 0.1) is 11.4 Å². The van der Waals surface area contributed by atoms with Crippen LogP contribution in [-0.4, -0.2) is 9.38 Å². The summed E-state index contributed by atoms with van der Waals surface area (Å²) in [6.45, 7) is 5.23. The number of nitrogens with one attached hydrogen (secondary N) is 1. The Morgan fingerprint density at radius 2 is 2.14 bits per heavy atom. The molecule has 0 bridgehead atoms. The van der Waals surface area contributed by atoms with E-state index in [4.69, 9.17) is 0 Å². The molecule has 110 valence electrons. The lowest BCUT2D eigenvalue weighted by molar-refractivity contribution is 0.584. The van der Waals surface area contributed by atoms with Crippen molar-refractivity contribution in [2.75, 3.05) is 0 Å². The monoisotopic (exact) mass is 367 g/mol. The van der Waals surface area contributed by atoms with Gasteiger partial charge in [-0.05, 0) is 32.0 Å². The number of aryl methyl sites for hydroxylation is 2. The van der Waals surface area contributed by atoms with Gasteiger partial charge < -0.3 is 5.32 Å². The molecule has 6 heteroatoms. The van der Waals surface area contributed by atoms with Crippen LogP contribution in [0.1, 0.15) is 22.6 Å². The first kappa shape index (κ1) is 14.7. The predicted octanol–water partition coefficient (Wildman–Crippen LogP) is 4.20. The molecule has 1 aromatic carbocycles. The highest BCUT2D eigenvalue weighted by molar-refractivity contribution is 9.10. The highest BCUT2D eigenvalue weighted by Gasteiger charge is 2.12. The van der Waals surface area contributed by atoms with Crippen molar-refractivity contribution in [2.24, 2.45) is 0 Å². The van der Waals surface area contributed by atoms with Crippen molar-refractivity contribution in [1.82, 2.24) is 14.7 Å². The minimum absolute atomic E-state index is 0.187. The number of hydrogen-bond acceptors (Lipinski definition) is 3. The third kappa shape index (κ3) is 2.88. The molecule has 2 heterocycles. The summed E-state index contributed by atoms with van der Waals surface area (Å²) in [5, 5.41) is 5.40. The molecule has 0 spiro atoms. The fraction of sp³-hybridized carbons (Fsp3) is 0.267. The van der Waals surface area contributed by atoms with Crippen LogP contribution in [0.2, 0.25) is 0 Å². The molecular weight excluding hydrogens is 353 g/mol. The van der Waals surface area contributed by atoms with Crippen molar-refractivity contribution in [1.29, 1.82) is 0 Å². The van der Waals surface area contributed by atoms with E-state index in [1.165, 1.54) is 11.8 Å². The molecule has 0 unspecified atom stereocenters. The molecule has 1 N–H and O–H groups in total. The molecule has 0 aliphatic rings. The van der Waals surface area contributed by atoms with Gasteiger partial charge in [0.1, 0.15) is 5.82 Å². The second kappa shape index (κ2) is 5.87. The Balaban J connectivity index is 1.76. The quantitative estimate of drug-likeness (QED) is 0.748. The molecule has 0 aliphatic heterocycles. The van der Waals surface area contributed by atoms with Crippen LogP contribution in [0, 0.1) is 19.7 Å². The van der Waals surface area contributed by atoms with Crippen molar-refractivity contribution < 1.29 is 4.39 Å². The second-order valence-electron chi connectivity index (χ2n) is 4.98. The minimum atomic E-state index is -0.187. The van der Waals surface area contributed by atoms with Gasteiger partial charge in [-0.1, -0.05) is 15.9 Å². The molecular formula is C15H15BrFN3S. The molecule has 0 saturated heterocycles. The zero-order chi connectivity index (χ0) is 15.0. The van der Waals surface area contributed by atoms with E-state index in [1.807, 2.05) is 6.92 Å². The molecule has 2 aromatic heterocycles. The van der Waals surface area contributed by atoms with Gasteiger partial charge in [-0.25, -0.2) is 9.37 Å². The van der Waals surface area contributed by atoms with Gasteiger partial charge in [0, 0.05) is 34.2 Å². The van der Waals surface area contributed by atoms with Crippen molar-refractivity contribution >= 4 is 32.2 Å². The van der Waals surface area contributed by atoms with Gasteiger partial charge >= 0.3 is 0 Å². The van der Waals surface area contributed by atoms with Crippen LogP contribution in [-0.2, 0) is 13.1 Å². The van der Waals surface area contributed by atoms with E-state index >= 15 is 0 Å². The van der Waals surface area contributed by atoms with E-state index in [2.05, 4.69) is 42.9 Å². The number of aromatic nitrogens is 2. The normalized spacial score (nSPS) is 11.4. The van der Waals surface area contributed by atoms with Crippen LogP contribution in [0.15, 0.2) is 28.1 Å². The first-order valence-electron chi connectivity index (χ1n) is 6.63. The molecule has 0 atom stereocenters. The summed E-state index contributed by atoms with van der Waals surface area (Å²) >= 11 is 5.01. The first-order valence-corrected chi connectivity index (χ1v) is 8.30. The van der Waals surface area contributed by atoms with Gasteiger partial charge in [-0.3, -0.25) is 4.40 Å². The van der Waals surface area contributed by atoms with Crippen LogP contribution >= 0.6 is 27.3 Å². The number of nitrogens with zero attached hydrogens (tertiary/aromatic N) is 2. The largest absolute Gasteiger partial charge is 0.307 e. The summed E-state index contributed by atoms with van der Waals surface area (Å²) in [4.78, 5) is 5.56. The first-order chi connectivity index (χ1) is 10.1. The van der Waals surface area contributed by atoms with E-state index in [0.29, 0.717) is 18.7 Å². The topological polar surface area (TPSA) is 29.3 Å². The maximum absolute atomic E-state index is 13.7. The zero-order valence-electron chi connectivity index (χ0n) is 11.8.